The number of nitrogens with zero attached hydrogens (tertiary/aromatic N) is 1. The van der Waals surface area contributed by atoms with Crippen molar-refractivity contribution in [3.05, 3.63) is 42.1 Å². The van der Waals surface area contributed by atoms with Crippen LogP contribution in [0.2, 0.25) is 0 Å². The van der Waals surface area contributed by atoms with E-state index in [2.05, 4.69) is 60.7 Å². The summed E-state index contributed by atoms with van der Waals surface area (Å²) in [5.41, 5.74) is 2.79. The first-order valence-electron chi connectivity index (χ1n) is 8.31. The van der Waals surface area contributed by atoms with Gasteiger partial charge in [-0.25, -0.2) is 0 Å². The van der Waals surface area contributed by atoms with E-state index >= 15 is 0 Å². The maximum atomic E-state index is 4.67. The Morgan fingerprint density at radius 3 is 2.71 bits per heavy atom. The Bertz CT molecular complexity index is 599. The van der Waals surface area contributed by atoms with Crippen molar-refractivity contribution in [1.82, 2.24) is 10.3 Å². The number of rotatable bonds is 4. The number of nitrogens with one attached hydrogen (secondary N) is 1. The Labute approximate surface area is 128 Å². The van der Waals surface area contributed by atoms with Gasteiger partial charge in [0.05, 0.1) is 5.52 Å². The molecule has 2 aromatic rings. The van der Waals surface area contributed by atoms with Gasteiger partial charge in [0.15, 0.2) is 0 Å². The maximum Gasteiger partial charge on any atom is 0.0702 e. The van der Waals surface area contributed by atoms with E-state index in [1.54, 1.807) is 0 Å². The van der Waals surface area contributed by atoms with Gasteiger partial charge in [0.2, 0.25) is 0 Å². The predicted molar refractivity (Wildman–Crippen MR) is 89.4 cm³/mol. The Morgan fingerprint density at radius 2 is 1.95 bits per heavy atom. The molecule has 0 bridgehead atoms. The third kappa shape index (κ3) is 2.96. The lowest BCUT2D eigenvalue weighted by molar-refractivity contribution is 0.146. The van der Waals surface area contributed by atoms with E-state index in [0.717, 1.165) is 12.1 Å². The largest absolute Gasteiger partial charge is 0.310 e. The fraction of sp³-hybridized carbons (Fsp3) is 0.526. The molecule has 2 nitrogen and oxygen atoms in total. The van der Waals surface area contributed by atoms with E-state index in [1.165, 1.54) is 43.1 Å². The zero-order valence-electron chi connectivity index (χ0n) is 13.2. The van der Waals surface area contributed by atoms with E-state index in [0.29, 0.717) is 11.5 Å². The minimum absolute atomic E-state index is 0.360. The third-order valence-corrected chi connectivity index (χ3v) is 5.05. The van der Waals surface area contributed by atoms with Crippen LogP contribution in [0, 0.1) is 5.41 Å². The van der Waals surface area contributed by atoms with Crippen molar-refractivity contribution in [3.63, 3.8) is 0 Å². The highest BCUT2D eigenvalue weighted by molar-refractivity contribution is 5.78. The summed E-state index contributed by atoms with van der Waals surface area (Å²) in [5, 5.41) is 4.98. The average molecular weight is 282 g/mol. The monoisotopic (exact) mass is 282 g/mol. The minimum Gasteiger partial charge on any atom is -0.310 e. The van der Waals surface area contributed by atoms with Crippen LogP contribution in [-0.4, -0.2) is 11.5 Å². The lowest BCUT2D eigenvalue weighted by Crippen LogP contribution is -2.37. The minimum atomic E-state index is 0.360. The molecule has 1 aromatic heterocycles. The van der Waals surface area contributed by atoms with Gasteiger partial charge >= 0.3 is 0 Å². The molecule has 1 saturated carbocycles. The smallest absolute Gasteiger partial charge is 0.0702 e. The highest BCUT2D eigenvalue weighted by Crippen LogP contribution is 2.45. The molecule has 1 unspecified atom stereocenters. The van der Waals surface area contributed by atoms with Crippen LogP contribution in [0.3, 0.4) is 0 Å². The number of aromatic nitrogens is 1. The van der Waals surface area contributed by atoms with Gasteiger partial charge in [-0.1, -0.05) is 51.3 Å². The zero-order valence-corrected chi connectivity index (χ0v) is 13.2. The molecule has 0 saturated heterocycles. The number of hydrogen-bond acceptors (Lipinski definition) is 2. The Balaban J connectivity index is 1.98. The molecule has 1 N–H and O–H groups in total. The van der Waals surface area contributed by atoms with Gasteiger partial charge in [-0.3, -0.25) is 4.98 Å². The van der Waals surface area contributed by atoms with E-state index in [-0.39, 0.29) is 0 Å². The van der Waals surface area contributed by atoms with Crippen molar-refractivity contribution < 1.29 is 0 Å². The standard InChI is InChI=1S/C19H26N2/c1-3-20-18(19(2)11-7-4-8-12-19)16-13-15-9-5-6-10-17(15)21-14-16/h5-6,9-10,13-14,18,20H,3-4,7-8,11-12H2,1-2H3. The molecule has 1 aliphatic rings. The van der Waals surface area contributed by atoms with Crippen molar-refractivity contribution in [3.8, 4) is 0 Å². The lowest BCUT2D eigenvalue weighted by Gasteiger charge is -2.41. The Kier molecular flexibility index (Phi) is 4.25. The maximum absolute atomic E-state index is 4.67. The van der Waals surface area contributed by atoms with Gasteiger partial charge in [0.25, 0.3) is 0 Å². The summed E-state index contributed by atoms with van der Waals surface area (Å²) in [4.78, 5) is 4.67. The van der Waals surface area contributed by atoms with Crippen LogP contribution in [0.4, 0.5) is 0 Å². The van der Waals surface area contributed by atoms with Crippen LogP contribution >= 0.6 is 0 Å². The number of benzene rings is 1. The molecule has 1 aliphatic carbocycles. The molecule has 0 spiro atoms. The van der Waals surface area contributed by atoms with Gasteiger partial charge in [0, 0.05) is 17.6 Å². The second-order valence-electron chi connectivity index (χ2n) is 6.67. The van der Waals surface area contributed by atoms with E-state index in [9.17, 15) is 0 Å². The first kappa shape index (κ1) is 14.5. The predicted octanol–water partition coefficient (Wildman–Crippen LogP) is 4.86. The Hall–Kier alpha value is -1.41. The van der Waals surface area contributed by atoms with Crippen molar-refractivity contribution in [2.75, 3.05) is 6.54 Å². The number of hydrogen-bond donors (Lipinski definition) is 1. The van der Waals surface area contributed by atoms with Crippen molar-refractivity contribution in [1.29, 1.82) is 0 Å². The van der Waals surface area contributed by atoms with Gasteiger partial charge in [-0.2, -0.15) is 0 Å². The molecular formula is C19H26N2. The fourth-order valence-corrected chi connectivity index (χ4v) is 3.86. The van der Waals surface area contributed by atoms with Crippen LogP contribution in [-0.2, 0) is 0 Å². The summed E-state index contributed by atoms with van der Waals surface area (Å²) < 4.78 is 0. The molecule has 3 rings (SSSR count). The van der Waals surface area contributed by atoms with Crippen LogP contribution in [0.15, 0.2) is 36.5 Å². The van der Waals surface area contributed by atoms with Crippen LogP contribution in [0.1, 0.15) is 57.6 Å². The molecule has 1 aromatic carbocycles. The van der Waals surface area contributed by atoms with Crippen molar-refractivity contribution in [2.45, 2.75) is 52.0 Å². The number of para-hydroxylation sites is 1. The molecule has 2 heteroatoms. The van der Waals surface area contributed by atoms with E-state index in [1.807, 2.05) is 0 Å². The van der Waals surface area contributed by atoms with Gasteiger partial charge in [0.1, 0.15) is 0 Å². The summed E-state index contributed by atoms with van der Waals surface area (Å²) in [5.74, 6) is 0. The summed E-state index contributed by atoms with van der Waals surface area (Å²) in [6.07, 6.45) is 8.83. The van der Waals surface area contributed by atoms with Crippen molar-refractivity contribution >= 4 is 10.9 Å². The Morgan fingerprint density at radius 1 is 1.19 bits per heavy atom. The fourth-order valence-electron chi connectivity index (χ4n) is 3.86. The van der Waals surface area contributed by atoms with E-state index < -0.39 is 0 Å². The first-order valence-corrected chi connectivity index (χ1v) is 8.31. The number of fused-ring (bicyclic) bond motifs is 1. The van der Waals surface area contributed by atoms with Gasteiger partial charge < -0.3 is 5.32 Å². The van der Waals surface area contributed by atoms with Crippen LogP contribution < -0.4 is 5.32 Å². The molecule has 0 radical (unpaired) electrons. The normalized spacial score (nSPS) is 19.5. The van der Waals surface area contributed by atoms with Gasteiger partial charge in [-0.05, 0) is 42.5 Å². The van der Waals surface area contributed by atoms with Gasteiger partial charge in [-0.15, -0.1) is 0 Å². The molecular weight excluding hydrogens is 256 g/mol. The number of pyridine rings is 1. The van der Waals surface area contributed by atoms with Crippen LogP contribution in [0.25, 0.3) is 10.9 Å². The van der Waals surface area contributed by atoms with E-state index in [4.69, 9.17) is 0 Å². The van der Waals surface area contributed by atoms with Crippen molar-refractivity contribution in [2.24, 2.45) is 5.41 Å². The third-order valence-electron chi connectivity index (χ3n) is 5.05. The quantitative estimate of drug-likeness (QED) is 0.866. The summed E-state index contributed by atoms with van der Waals surface area (Å²) in [7, 11) is 0. The summed E-state index contributed by atoms with van der Waals surface area (Å²) in [6, 6.07) is 11.1. The summed E-state index contributed by atoms with van der Waals surface area (Å²) in [6.45, 7) is 5.66. The zero-order chi connectivity index (χ0) is 14.7. The molecule has 112 valence electrons. The molecule has 1 atom stereocenters. The molecule has 0 amide bonds. The van der Waals surface area contributed by atoms with Crippen LogP contribution in [0.5, 0.6) is 0 Å². The SMILES string of the molecule is CCNC(c1cnc2ccccc2c1)C1(C)CCCCC1. The second-order valence-corrected chi connectivity index (χ2v) is 6.67. The topological polar surface area (TPSA) is 24.9 Å². The molecule has 0 aliphatic heterocycles. The summed E-state index contributed by atoms with van der Waals surface area (Å²) >= 11 is 0. The molecule has 21 heavy (non-hydrogen) atoms. The highest BCUT2D eigenvalue weighted by atomic mass is 14.9. The highest BCUT2D eigenvalue weighted by Gasteiger charge is 2.36. The second kappa shape index (κ2) is 6.15. The lowest BCUT2D eigenvalue weighted by atomic mass is 9.68. The molecule has 1 heterocycles. The first-order chi connectivity index (χ1) is 10.2. The average Bonchev–Trinajstić information content (AvgIpc) is 2.53. The molecule has 1 fully saturated rings.